The summed E-state index contributed by atoms with van der Waals surface area (Å²) in [5.74, 6) is -1.50. The van der Waals surface area contributed by atoms with E-state index in [4.69, 9.17) is 9.63 Å². The van der Waals surface area contributed by atoms with E-state index >= 15 is 0 Å². The molecule has 0 radical (unpaired) electrons. The van der Waals surface area contributed by atoms with Gasteiger partial charge in [0, 0.05) is 12.3 Å². The standard InChI is InChI=1S/C12H25O4P/c1-4-6-8-16-17(15,9-7-5-2)10-11(3)12(13)14/h11H,4-10H2,1-3H3,(H,13,14). The summed E-state index contributed by atoms with van der Waals surface area (Å²) in [6, 6.07) is 0. The fourth-order valence-electron chi connectivity index (χ4n) is 1.48. The highest BCUT2D eigenvalue weighted by Crippen LogP contribution is 2.49. The first-order chi connectivity index (χ1) is 7.95. The van der Waals surface area contributed by atoms with Crippen LogP contribution in [0.2, 0.25) is 0 Å². The molecule has 5 heteroatoms. The monoisotopic (exact) mass is 264 g/mol. The Balaban J connectivity index is 4.37. The molecular formula is C12H25O4P. The van der Waals surface area contributed by atoms with Gasteiger partial charge in [-0.1, -0.05) is 33.6 Å². The third-order valence-corrected chi connectivity index (χ3v) is 5.41. The van der Waals surface area contributed by atoms with Gasteiger partial charge >= 0.3 is 5.97 Å². The van der Waals surface area contributed by atoms with Crippen LogP contribution in [0.5, 0.6) is 0 Å². The van der Waals surface area contributed by atoms with Crippen LogP contribution < -0.4 is 0 Å². The van der Waals surface area contributed by atoms with E-state index in [0.29, 0.717) is 12.8 Å². The summed E-state index contributed by atoms with van der Waals surface area (Å²) in [5.41, 5.74) is 0. The first-order valence-corrected chi connectivity index (χ1v) is 8.40. The number of unbranched alkanes of at least 4 members (excludes halogenated alkanes) is 2. The average Bonchev–Trinajstić information content (AvgIpc) is 2.26. The molecule has 0 aliphatic rings. The molecule has 0 spiro atoms. The van der Waals surface area contributed by atoms with Gasteiger partial charge in [0.1, 0.15) is 0 Å². The molecule has 1 N–H and O–H groups in total. The number of carboxylic acid groups (broad SMARTS) is 1. The minimum Gasteiger partial charge on any atom is -0.481 e. The molecule has 0 saturated heterocycles. The van der Waals surface area contributed by atoms with Crippen molar-refractivity contribution >= 4 is 13.3 Å². The maximum atomic E-state index is 12.5. The van der Waals surface area contributed by atoms with Crippen LogP contribution in [0.3, 0.4) is 0 Å². The number of hydrogen-bond acceptors (Lipinski definition) is 3. The van der Waals surface area contributed by atoms with E-state index in [1.807, 2.05) is 13.8 Å². The number of carboxylic acids is 1. The molecule has 4 nitrogen and oxygen atoms in total. The number of hydrogen-bond donors (Lipinski definition) is 1. The van der Waals surface area contributed by atoms with Crippen LogP contribution in [-0.4, -0.2) is 30.0 Å². The lowest BCUT2D eigenvalue weighted by Crippen LogP contribution is -2.16. The summed E-state index contributed by atoms with van der Waals surface area (Å²) in [6.07, 6.45) is 4.30. The molecule has 0 fully saturated rings. The highest BCUT2D eigenvalue weighted by atomic mass is 31.2. The Hall–Kier alpha value is -0.340. The third kappa shape index (κ3) is 7.56. The van der Waals surface area contributed by atoms with Crippen molar-refractivity contribution in [2.24, 2.45) is 5.92 Å². The SMILES string of the molecule is CCCCOP(=O)(CCCC)CC(C)C(=O)O. The van der Waals surface area contributed by atoms with Gasteiger partial charge < -0.3 is 9.63 Å². The van der Waals surface area contributed by atoms with Crippen LogP contribution in [0.1, 0.15) is 46.5 Å². The molecule has 2 unspecified atom stereocenters. The number of rotatable bonds is 10. The Bertz CT molecular complexity index is 265. The van der Waals surface area contributed by atoms with Crippen LogP contribution in [0.4, 0.5) is 0 Å². The van der Waals surface area contributed by atoms with Crippen molar-refractivity contribution in [3.63, 3.8) is 0 Å². The molecule has 2 atom stereocenters. The maximum absolute atomic E-state index is 12.5. The van der Waals surface area contributed by atoms with Crippen LogP contribution >= 0.6 is 7.37 Å². The smallest absolute Gasteiger partial charge is 0.306 e. The second kappa shape index (κ2) is 8.71. The molecule has 0 rings (SSSR count). The van der Waals surface area contributed by atoms with Crippen molar-refractivity contribution in [1.82, 2.24) is 0 Å². The van der Waals surface area contributed by atoms with Crippen LogP contribution in [0.25, 0.3) is 0 Å². The molecule has 0 aromatic carbocycles. The van der Waals surface area contributed by atoms with E-state index in [9.17, 15) is 9.36 Å². The third-order valence-electron chi connectivity index (χ3n) is 2.65. The zero-order chi connectivity index (χ0) is 13.3. The topological polar surface area (TPSA) is 63.6 Å². The number of carbonyl (C=O) groups is 1. The normalized spacial score (nSPS) is 16.4. The fourth-order valence-corrected chi connectivity index (χ4v) is 4.15. The molecular weight excluding hydrogens is 239 g/mol. The van der Waals surface area contributed by atoms with Gasteiger partial charge in [0.25, 0.3) is 0 Å². The molecule has 102 valence electrons. The Kier molecular flexibility index (Phi) is 8.53. The van der Waals surface area contributed by atoms with Crippen molar-refractivity contribution < 1.29 is 19.0 Å². The molecule has 0 saturated carbocycles. The molecule has 0 amide bonds. The van der Waals surface area contributed by atoms with Crippen molar-refractivity contribution in [2.45, 2.75) is 46.5 Å². The van der Waals surface area contributed by atoms with E-state index in [0.717, 1.165) is 25.7 Å². The van der Waals surface area contributed by atoms with Crippen molar-refractivity contribution in [2.75, 3.05) is 18.9 Å². The summed E-state index contributed by atoms with van der Waals surface area (Å²) in [5, 5.41) is 8.87. The largest absolute Gasteiger partial charge is 0.481 e. The molecule has 0 bridgehead atoms. The summed E-state index contributed by atoms with van der Waals surface area (Å²) < 4.78 is 18.0. The van der Waals surface area contributed by atoms with Gasteiger partial charge in [0.15, 0.2) is 0 Å². The van der Waals surface area contributed by atoms with Crippen molar-refractivity contribution in [3.05, 3.63) is 0 Å². The summed E-state index contributed by atoms with van der Waals surface area (Å²) in [6.45, 7) is 6.13. The lowest BCUT2D eigenvalue weighted by molar-refractivity contribution is -0.140. The highest BCUT2D eigenvalue weighted by Gasteiger charge is 2.28. The number of aliphatic carboxylic acids is 1. The predicted molar refractivity (Wildman–Crippen MR) is 69.9 cm³/mol. The first-order valence-electron chi connectivity index (χ1n) is 6.40. The molecule has 0 aromatic heterocycles. The van der Waals surface area contributed by atoms with Crippen molar-refractivity contribution in [1.29, 1.82) is 0 Å². The van der Waals surface area contributed by atoms with Crippen LogP contribution in [-0.2, 0) is 13.9 Å². The van der Waals surface area contributed by atoms with Gasteiger partial charge in [-0.05, 0) is 12.8 Å². The van der Waals surface area contributed by atoms with Crippen LogP contribution in [0.15, 0.2) is 0 Å². The van der Waals surface area contributed by atoms with Gasteiger partial charge in [-0.2, -0.15) is 0 Å². The first kappa shape index (κ1) is 16.7. The molecule has 0 aliphatic heterocycles. The van der Waals surface area contributed by atoms with Gasteiger partial charge in [-0.3, -0.25) is 9.36 Å². The van der Waals surface area contributed by atoms with Gasteiger partial charge in [0.2, 0.25) is 7.37 Å². The van der Waals surface area contributed by atoms with Gasteiger partial charge in [-0.15, -0.1) is 0 Å². The molecule has 17 heavy (non-hydrogen) atoms. The minimum atomic E-state index is -2.76. The maximum Gasteiger partial charge on any atom is 0.306 e. The fraction of sp³-hybridized carbons (Fsp3) is 0.917. The molecule has 0 aromatic rings. The summed E-state index contributed by atoms with van der Waals surface area (Å²) >= 11 is 0. The molecule has 0 heterocycles. The summed E-state index contributed by atoms with van der Waals surface area (Å²) in [7, 11) is -2.76. The van der Waals surface area contributed by atoms with Gasteiger partial charge in [-0.25, -0.2) is 0 Å². The van der Waals surface area contributed by atoms with Crippen molar-refractivity contribution in [3.8, 4) is 0 Å². The average molecular weight is 264 g/mol. The van der Waals surface area contributed by atoms with Crippen LogP contribution in [0, 0.1) is 5.92 Å². The van der Waals surface area contributed by atoms with E-state index in [2.05, 4.69) is 0 Å². The van der Waals surface area contributed by atoms with E-state index in [1.165, 1.54) is 0 Å². The molecule has 0 aliphatic carbocycles. The van der Waals surface area contributed by atoms with E-state index in [1.54, 1.807) is 6.92 Å². The quantitative estimate of drug-likeness (QED) is 0.483. The van der Waals surface area contributed by atoms with E-state index < -0.39 is 19.3 Å². The second-order valence-corrected chi connectivity index (χ2v) is 7.20. The highest BCUT2D eigenvalue weighted by molar-refractivity contribution is 7.59. The van der Waals surface area contributed by atoms with Gasteiger partial charge in [0.05, 0.1) is 12.5 Å². The summed E-state index contributed by atoms with van der Waals surface area (Å²) in [4.78, 5) is 10.8. The Morgan fingerprint density at radius 1 is 1.29 bits per heavy atom. The zero-order valence-electron chi connectivity index (χ0n) is 11.1. The second-order valence-electron chi connectivity index (χ2n) is 4.50. The Labute approximate surface area is 104 Å². The lowest BCUT2D eigenvalue weighted by Gasteiger charge is -2.20. The Morgan fingerprint density at radius 3 is 2.35 bits per heavy atom. The predicted octanol–water partition coefficient (Wildman–Crippen LogP) is 3.60. The minimum absolute atomic E-state index is 0.159. The van der Waals surface area contributed by atoms with E-state index in [-0.39, 0.29) is 6.16 Å². The zero-order valence-corrected chi connectivity index (χ0v) is 12.0. The Morgan fingerprint density at radius 2 is 1.88 bits per heavy atom. The lowest BCUT2D eigenvalue weighted by atomic mass is 10.2.